The molecule has 1 fully saturated rings. The molecule has 2 heterocycles. The zero-order valence-electron chi connectivity index (χ0n) is 28.2. The van der Waals surface area contributed by atoms with Gasteiger partial charge in [0.15, 0.2) is 6.23 Å². The summed E-state index contributed by atoms with van der Waals surface area (Å²) in [6.07, 6.45) is -3.32. The first-order chi connectivity index (χ1) is 24.2. The summed E-state index contributed by atoms with van der Waals surface area (Å²) in [6, 6.07) is 16.7. The van der Waals surface area contributed by atoms with E-state index in [4.69, 9.17) is 38.0 Å². The first kappa shape index (κ1) is 39.2. The van der Waals surface area contributed by atoms with Gasteiger partial charge in [-0.25, -0.2) is 13.9 Å². The lowest BCUT2D eigenvalue weighted by atomic mass is 9.84. The summed E-state index contributed by atoms with van der Waals surface area (Å²) in [5.41, 5.74) is 2.91. The topological polar surface area (TPSA) is 242 Å². The number of nitrogens with one attached hydrogen (secondary N) is 2. The van der Waals surface area contributed by atoms with Crippen LogP contribution >= 0.6 is 15.5 Å². The molecule has 0 radical (unpaired) electrons. The van der Waals surface area contributed by atoms with E-state index in [1.54, 1.807) is 36.4 Å². The van der Waals surface area contributed by atoms with Crippen molar-refractivity contribution in [2.75, 3.05) is 26.6 Å². The SMILES string of the molecule is COC(=O)C(C)NP(=O)(OCC1OC(n2ccc(N)nc2=O)C(C)(C#N)C1OP(=O)(NC(C)C(=O)OC)Oc1ccccc1)Oc1ccccc1. The van der Waals surface area contributed by atoms with Crippen molar-refractivity contribution in [3.63, 3.8) is 0 Å². The highest BCUT2D eigenvalue weighted by Gasteiger charge is 2.59. The fraction of sp³-hybridized carbons (Fsp3) is 0.387. The van der Waals surface area contributed by atoms with Gasteiger partial charge in [0.1, 0.15) is 47.0 Å². The van der Waals surface area contributed by atoms with Crippen LogP contribution in [0, 0.1) is 16.7 Å². The predicted octanol–water partition coefficient (Wildman–Crippen LogP) is 3.33. The fourth-order valence-corrected chi connectivity index (χ4v) is 8.24. The van der Waals surface area contributed by atoms with E-state index in [0.29, 0.717) is 0 Å². The van der Waals surface area contributed by atoms with E-state index < -0.39 is 75.7 Å². The van der Waals surface area contributed by atoms with Crippen molar-refractivity contribution in [1.82, 2.24) is 19.7 Å². The number of carbonyl (C=O) groups excluding carboxylic acids is 2. The van der Waals surface area contributed by atoms with Crippen LogP contribution in [0.5, 0.6) is 11.5 Å². The molecular weight excluding hydrogens is 710 g/mol. The van der Waals surface area contributed by atoms with Crippen LogP contribution in [-0.2, 0) is 42.0 Å². The van der Waals surface area contributed by atoms with Gasteiger partial charge in [-0.2, -0.15) is 20.4 Å². The zero-order chi connectivity index (χ0) is 37.4. The van der Waals surface area contributed by atoms with E-state index in [1.165, 1.54) is 57.3 Å². The number of benzene rings is 2. The standard InChI is InChI=1S/C31H38N6O12P2/c1-20(27(38)43-4)35-50(41,47-22-12-8-6-9-13-22)45-18-24-26(31(3,19-32)29(46-24)37-17-16-25(33)34-30(37)40)49-51(42,36-21(2)28(39)44-5)48-23-14-10-7-11-15-23/h6-17,20-21,24,26,29H,18H2,1-5H3,(H,35,41)(H,36,42)(H2,33,34,40). The molecule has 4 N–H and O–H groups in total. The van der Waals surface area contributed by atoms with Crippen LogP contribution in [0.4, 0.5) is 5.82 Å². The van der Waals surface area contributed by atoms with Crippen molar-refractivity contribution in [1.29, 1.82) is 5.26 Å². The number of esters is 2. The van der Waals surface area contributed by atoms with Crippen molar-refractivity contribution >= 4 is 33.2 Å². The number of para-hydroxylation sites is 2. The van der Waals surface area contributed by atoms with Crippen molar-refractivity contribution < 1.29 is 51.0 Å². The zero-order valence-corrected chi connectivity index (χ0v) is 30.0. The maximum atomic E-state index is 14.6. The van der Waals surface area contributed by atoms with Gasteiger partial charge < -0.3 is 29.0 Å². The molecule has 2 aromatic carbocycles. The van der Waals surface area contributed by atoms with Crippen LogP contribution in [0.3, 0.4) is 0 Å². The van der Waals surface area contributed by atoms with Gasteiger partial charge in [-0.1, -0.05) is 36.4 Å². The van der Waals surface area contributed by atoms with Gasteiger partial charge >= 0.3 is 33.1 Å². The van der Waals surface area contributed by atoms with Crippen molar-refractivity contribution in [3.05, 3.63) is 83.4 Å². The van der Waals surface area contributed by atoms with E-state index in [-0.39, 0.29) is 17.3 Å². The van der Waals surface area contributed by atoms with Crippen LogP contribution in [0.25, 0.3) is 0 Å². The van der Waals surface area contributed by atoms with Gasteiger partial charge in [0.25, 0.3) is 0 Å². The van der Waals surface area contributed by atoms with Gasteiger partial charge in [-0.15, -0.1) is 0 Å². The Labute approximate surface area is 293 Å². The molecule has 0 saturated carbocycles. The maximum absolute atomic E-state index is 14.6. The molecule has 0 aliphatic carbocycles. The predicted molar refractivity (Wildman–Crippen MR) is 180 cm³/mol. The summed E-state index contributed by atoms with van der Waals surface area (Å²) in [6.45, 7) is 3.36. The monoisotopic (exact) mass is 748 g/mol. The Morgan fingerprint density at radius 3 is 1.96 bits per heavy atom. The minimum atomic E-state index is -4.68. The van der Waals surface area contributed by atoms with Gasteiger partial charge in [0, 0.05) is 6.20 Å². The highest BCUT2D eigenvalue weighted by atomic mass is 31.2. The van der Waals surface area contributed by atoms with Crippen LogP contribution in [0.2, 0.25) is 0 Å². The first-order valence-corrected chi connectivity index (χ1v) is 18.4. The van der Waals surface area contributed by atoms with Crippen LogP contribution in [0.1, 0.15) is 27.0 Å². The first-order valence-electron chi connectivity index (χ1n) is 15.3. The largest absolute Gasteiger partial charge is 0.468 e. The number of carbonyl (C=O) groups is 2. The smallest absolute Gasteiger partial charge is 0.459 e. The second-order valence-electron chi connectivity index (χ2n) is 11.3. The molecule has 0 spiro atoms. The van der Waals surface area contributed by atoms with E-state index in [1.807, 2.05) is 0 Å². The average molecular weight is 749 g/mol. The molecular formula is C31H38N6O12P2. The Morgan fingerprint density at radius 1 is 0.961 bits per heavy atom. The second kappa shape index (κ2) is 16.6. The molecule has 18 nitrogen and oxygen atoms in total. The third-order valence-corrected chi connectivity index (χ3v) is 10.8. The number of hydrogen-bond acceptors (Lipinski definition) is 15. The summed E-state index contributed by atoms with van der Waals surface area (Å²) in [5.74, 6) is -1.54. The van der Waals surface area contributed by atoms with Gasteiger partial charge in [0.05, 0.1) is 26.9 Å². The number of methoxy groups -OCH3 is 2. The van der Waals surface area contributed by atoms with Crippen LogP contribution < -0.4 is 30.6 Å². The molecule has 1 saturated heterocycles. The van der Waals surface area contributed by atoms with Gasteiger partial charge in [-0.05, 0) is 51.1 Å². The molecule has 8 unspecified atom stereocenters. The Balaban J connectivity index is 1.78. The van der Waals surface area contributed by atoms with Crippen molar-refractivity contribution in [2.24, 2.45) is 5.41 Å². The minimum Gasteiger partial charge on any atom is -0.468 e. The summed E-state index contributed by atoms with van der Waals surface area (Å²) in [4.78, 5) is 41.4. The third-order valence-electron chi connectivity index (χ3n) is 7.50. The molecule has 1 aliphatic rings. The van der Waals surface area contributed by atoms with E-state index in [0.717, 1.165) is 18.8 Å². The molecule has 8 atom stereocenters. The van der Waals surface area contributed by atoms with Crippen molar-refractivity contribution in [2.45, 2.75) is 51.3 Å². The number of nitrogens with two attached hydrogens (primary N) is 1. The molecule has 20 heteroatoms. The molecule has 1 aliphatic heterocycles. The number of nitrogen functional groups attached to an aromatic ring is 1. The number of anilines is 1. The molecule has 274 valence electrons. The van der Waals surface area contributed by atoms with E-state index >= 15 is 0 Å². The van der Waals surface area contributed by atoms with Crippen LogP contribution in [-0.4, -0.2) is 66.6 Å². The number of aromatic nitrogens is 2. The summed E-state index contributed by atoms with van der Waals surface area (Å²) in [7, 11) is -6.90. The fourth-order valence-electron chi connectivity index (χ4n) is 4.95. The molecule has 3 aromatic rings. The lowest BCUT2D eigenvalue weighted by molar-refractivity contribution is -0.143. The maximum Gasteiger partial charge on any atom is 0.459 e. The lowest BCUT2D eigenvalue weighted by Gasteiger charge is -2.32. The Hall–Kier alpha value is -4.59. The number of rotatable bonds is 16. The van der Waals surface area contributed by atoms with Crippen LogP contribution in [0.15, 0.2) is 77.7 Å². The normalized spacial score (nSPS) is 23.4. The van der Waals surface area contributed by atoms with E-state index in [9.17, 15) is 28.8 Å². The number of nitriles is 1. The second-order valence-corrected chi connectivity index (χ2v) is 14.7. The Bertz CT molecular complexity index is 1880. The number of ether oxygens (including phenoxy) is 3. The summed E-state index contributed by atoms with van der Waals surface area (Å²) < 4.78 is 68.8. The Kier molecular flexibility index (Phi) is 12.8. The number of hydrogen-bond donors (Lipinski definition) is 3. The molecule has 51 heavy (non-hydrogen) atoms. The average Bonchev–Trinajstić information content (AvgIpc) is 3.37. The quantitative estimate of drug-likeness (QED) is 0.141. The third kappa shape index (κ3) is 9.60. The Morgan fingerprint density at radius 2 is 1.47 bits per heavy atom. The van der Waals surface area contributed by atoms with E-state index in [2.05, 4.69) is 21.2 Å². The highest BCUT2D eigenvalue weighted by Crippen LogP contribution is 2.56. The number of nitrogens with zero attached hydrogens (tertiary/aromatic N) is 3. The van der Waals surface area contributed by atoms with Crippen molar-refractivity contribution in [3.8, 4) is 17.6 Å². The molecule has 0 amide bonds. The van der Waals surface area contributed by atoms with Gasteiger partial charge in [0.2, 0.25) is 0 Å². The lowest BCUT2D eigenvalue weighted by Crippen LogP contribution is -2.44. The minimum absolute atomic E-state index is 0.0630. The highest BCUT2D eigenvalue weighted by molar-refractivity contribution is 7.52. The molecule has 4 rings (SSSR count). The summed E-state index contributed by atoms with van der Waals surface area (Å²) >= 11 is 0. The summed E-state index contributed by atoms with van der Waals surface area (Å²) in [5, 5.41) is 15.7. The van der Waals surface area contributed by atoms with Gasteiger partial charge in [-0.3, -0.25) is 23.2 Å². The molecule has 1 aromatic heterocycles. The molecule has 0 bridgehead atoms.